The Morgan fingerprint density at radius 3 is 3.09 bits per heavy atom. The highest BCUT2D eigenvalue weighted by Crippen LogP contribution is 2.06. The number of hydrogen-bond donors (Lipinski definition) is 2. The van der Waals surface area contributed by atoms with Gasteiger partial charge in [-0.05, 0) is 17.6 Å². The van der Waals surface area contributed by atoms with Crippen LogP contribution in [0.15, 0.2) is 12.3 Å². The van der Waals surface area contributed by atoms with Crippen molar-refractivity contribution in [2.75, 3.05) is 0 Å². The number of rotatable bonds is 3. The van der Waals surface area contributed by atoms with E-state index in [1.54, 1.807) is 12.3 Å². The van der Waals surface area contributed by atoms with Gasteiger partial charge in [-0.2, -0.15) is 0 Å². The Kier molecular flexibility index (Phi) is 2.56. The predicted octanol–water partition coefficient (Wildman–Crippen LogP) is 0.0975. The van der Waals surface area contributed by atoms with Gasteiger partial charge in [0.2, 0.25) is 0 Å². The maximum atomic E-state index is 10.3. The molecule has 0 saturated heterocycles. The molecule has 0 amide bonds. The van der Waals surface area contributed by atoms with E-state index in [2.05, 4.69) is 4.37 Å². The van der Waals surface area contributed by atoms with E-state index in [-0.39, 0.29) is 0 Å². The van der Waals surface area contributed by atoms with E-state index >= 15 is 0 Å². The van der Waals surface area contributed by atoms with Crippen molar-refractivity contribution in [3.05, 3.63) is 17.1 Å². The van der Waals surface area contributed by atoms with Crippen LogP contribution in [0.5, 0.6) is 0 Å². The summed E-state index contributed by atoms with van der Waals surface area (Å²) in [6.45, 7) is 0. The number of carbonyl (C=O) groups is 1. The summed E-state index contributed by atoms with van der Waals surface area (Å²) in [4.78, 5) is 11.2. The van der Waals surface area contributed by atoms with Crippen molar-refractivity contribution in [1.29, 1.82) is 0 Å². The quantitative estimate of drug-likeness (QED) is 0.677. The smallest absolute Gasteiger partial charge is 0.320 e. The molecule has 60 valence electrons. The Balaban J connectivity index is 2.50. The summed E-state index contributed by atoms with van der Waals surface area (Å²) in [5.74, 6) is -0.974. The van der Waals surface area contributed by atoms with Crippen LogP contribution in [-0.4, -0.2) is 21.5 Å². The number of aliphatic carboxylic acids is 1. The molecule has 1 aromatic rings. The van der Waals surface area contributed by atoms with Crippen LogP contribution in [0.4, 0.5) is 0 Å². The molecule has 1 aromatic heterocycles. The van der Waals surface area contributed by atoms with E-state index in [4.69, 9.17) is 10.8 Å². The molecule has 0 aliphatic heterocycles. The lowest BCUT2D eigenvalue weighted by molar-refractivity contribution is -0.138. The highest BCUT2D eigenvalue weighted by atomic mass is 32.1. The lowest BCUT2D eigenvalue weighted by Gasteiger charge is -2.01. The van der Waals surface area contributed by atoms with Crippen molar-refractivity contribution < 1.29 is 9.90 Å². The van der Waals surface area contributed by atoms with Gasteiger partial charge in [-0.25, -0.2) is 4.37 Å². The molecular weight excluding hydrogens is 164 g/mol. The minimum Gasteiger partial charge on any atom is -0.480 e. The van der Waals surface area contributed by atoms with Crippen LogP contribution in [0.25, 0.3) is 0 Å². The number of hydrogen-bond acceptors (Lipinski definition) is 4. The number of aromatic nitrogens is 1. The van der Waals surface area contributed by atoms with Gasteiger partial charge in [-0.15, -0.1) is 0 Å². The Labute approximate surface area is 67.8 Å². The van der Waals surface area contributed by atoms with E-state index in [0.717, 1.165) is 4.88 Å². The van der Waals surface area contributed by atoms with Gasteiger partial charge in [-0.1, -0.05) is 0 Å². The normalized spacial score (nSPS) is 12.8. The molecule has 1 unspecified atom stereocenters. The fourth-order valence-electron chi connectivity index (χ4n) is 0.651. The third kappa shape index (κ3) is 2.28. The number of nitrogens with zero attached hydrogens (tertiary/aromatic N) is 1. The van der Waals surface area contributed by atoms with Crippen LogP contribution in [0.3, 0.4) is 0 Å². The second-order valence-electron chi connectivity index (χ2n) is 2.13. The molecule has 3 N–H and O–H groups in total. The van der Waals surface area contributed by atoms with E-state index < -0.39 is 12.0 Å². The van der Waals surface area contributed by atoms with E-state index in [0.29, 0.717) is 6.42 Å². The molecule has 0 bridgehead atoms. The van der Waals surface area contributed by atoms with Crippen molar-refractivity contribution in [2.24, 2.45) is 5.73 Å². The first-order valence-corrected chi connectivity index (χ1v) is 3.85. The van der Waals surface area contributed by atoms with Crippen LogP contribution in [0.2, 0.25) is 0 Å². The molecule has 5 heteroatoms. The topological polar surface area (TPSA) is 76.2 Å². The molecule has 0 aliphatic carbocycles. The zero-order valence-electron chi connectivity index (χ0n) is 5.73. The van der Waals surface area contributed by atoms with Gasteiger partial charge in [0.1, 0.15) is 6.04 Å². The van der Waals surface area contributed by atoms with Crippen molar-refractivity contribution in [1.82, 2.24) is 4.37 Å². The second-order valence-corrected chi connectivity index (χ2v) is 3.05. The van der Waals surface area contributed by atoms with Crippen molar-refractivity contribution in [3.8, 4) is 0 Å². The Bertz CT molecular complexity index is 235. The largest absolute Gasteiger partial charge is 0.480 e. The highest BCUT2D eigenvalue weighted by Gasteiger charge is 2.12. The third-order valence-corrected chi connectivity index (χ3v) is 1.99. The standard InChI is InChI=1S/C6H8N2O2S/c7-5(6(9)10)3-4-1-2-8-11-4/h1-2,5H,3,7H2,(H,9,10). The minimum atomic E-state index is -0.974. The van der Waals surface area contributed by atoms with E-state index in [9.17, 15) is 4.79 Å². The molecule has 0 aromatic carbocycles. The number of nitrogens with two attached hydrogens (primary N) is 1. The fourth-order valence-corrected chi connectivity index (χ4v) is 1.28. The lowest BCUT2D eigenvalue weighted by atomic mass is 10.2. The molecule has 0 fully saturated rings. The molecule has 1 atom stereocenters. The Morgan fingerprint density at radius 1 is 1.91 bits per heavy atom. The van der Waals surface area contributed by atoms with Gasteiger partial charge in [0.25, 0.3) is 0 Å². The summed E-state index contributed by atoms with van der Waals surface area (Å²) in [6.07, 6.45) is 1.99. The second kappa shape index (κ2) is 3.45. The molecule has 0 aliphatic rings. The van der Waals surface area contributed by atoms with Crippen LogP contribution in [-0.2, 0) is 11.2 Å². The average Bonchev–Trinajstić information content (AvgIpc) is 2.39. The molecule has 0 spiro atoms. The first kappa shape index (κ1) is 8.16. The van der Waals surface area contributed by atoms with Gasteiger partial charge < -0.3 is 10.8 Å². The molecule has 1 heterocycles. The van der Waals surface area contributed by atoms with Gasteiger partial charge in [-0.3, -0.25) is 4.79 Å². The van der Waals surface area contributed by atoms with Crippen molar-refractivity contribution in [2.45, 2.75) is 12.5 Å². The maximum Gasteiger partial charge on any atom is 0.320 e. The van der Waals surface area contributed by atoms with Crippen molar-refractivity contribution >= 4 is 17.5 Å². The summed E-state index contributed by atoms with van der Waals surface area (Å²) >= 11 is 1.28. The van der Waals surface area contributed by atoms with E-state index in [1.807, 2.05) is 0 Å². The highest BCUT2D eigenvalue weighted by molar-refractivity contribution is 7.05. The van der Waals surface area contributed by atoms with Gasteiger partial charge in [0, 0.05) is 17.5 Å². The van der Waals surface area contributed by atoms with Crippen LogP contribution >= 0.6 is 11.5 Å². The third-order valence-electron chi connectivity index (χ3n) is 1.23. The van der Waals surface area contributed by atoms with Gasteiger partial charge >= 0.3 is 5.97 Å². The average molecular weight is 172 g/mol. The molecular formula is C6H8N2O2S. The summed E-state index contributed by atoms with van der Waals surface area (Å²) < 4.78 is 3.83. The van der Waals surface area contributed by atoms with E-state index in [1.165, 1.54) is 11.5 Å². The SMILES string of the molecule is NC(Cc1ccns1)C(=O)O. The van der Waals surface area contributed by atoms with Gasteiger partial charge in [0.15, 0.2) is 0 Å². The Morgan fingerprint density at radius 2 is 2.64 bits per heavy atom. The zero-order chi connectivity index (χ0) is 8.27. The monoisotopic (exact) mass is 172 g/mol. The fraction of sp³-hybridized carbons (Fsp3) is 0.333. The summed E-state index contributed by atoms with van der Waals surface area (Å²) in [5.41, 5.74) is 5.29. The summed E-state index contributed by atoms with van der Waals surface area (Å²) in [6, 6.07) is 0.962. The first-order valence-electron chi connectivity index (χ1n) is 3.08. The van der Waals surface area contributed by atoms with Crippen LogP contribution < -0.4 is 5.73 Å². The molecule has 4 nitrogen and oxygen atoms in total. The van der Waals surface area contributed by atoms with Crippen molar-refractivity contribution in [3.63, 3.8) is 0 Å². The number of carboxylic acid groups (broad SMARTS) is 1. The number of carboxylic acids is 1. The summed E-state index contributed by atoms with van der Waals surface area (Å²) in [7, 11) is 0. The minimum absolute atomic E-state index is 0.361. The first-order chi connectivity index (χ1) is 5.20. The van der Waals surface area contributed by atoms with Crippen LogP contribution in [0.1, 0.15) is 4.88 Å². The summed E-state index contributed by atoms with van der Waals surface area (Å²) in [5, 5.41) is 8.44. The predicted molar refractivity (Wildman–Crippen MR) is 41.4 cm³/mol. The van der Waals surface area contributed by atoms with Gasteiger partial charge in [0.05, 0.1) is 0 Å². The zero-order valence-corrected chi connectivity index (χ0v) is 6.54. The molecule has 0 radical (unpaired) electrons. The molecule has 0 saturated carbocycles. The lowest BCUT2D eigenvalue weighted by Crippen LogP contribution is -2.31. The maximum absolute atomic E-state index is 10.3. The Hall–Kier alpha value is -0.940. The van der Waals surface area contributed by atoms with Crippen LogP contribution in [0, 0.1) is 0 Å². The molecule has 1 rings (SSSR count). The molecule has 11 heavy (non-hydrogen) atoms.